The summed E-state index contributed by atoms with van der Waals surface area (Å²) in [5.74, 6) is 0.444. The Balaban J connectivity index is 3.18. The van der Waals surface area contributed by atoms with E-state index >= 15 is 0 Å². The summed E-state index contributed by atoms with van der Waals surface area (Å²) in [4.78, 5) is 10.7. The number of alkyl halides is 3. The molecule has 16 heavy (non-hydrogen) atoms. The van der Waals surface area contributed by atoms with Crippen molar-refractivity contribution in [3.8, 4) is 5.75 Å². The second kappa shape index (κ2) is 4.15. The van der Waals surface area contributed by atoms with E-state index in [1.54, 1.807) is 0 Å². The van der Waals surface area contributed by atoms with Crippen molar-refractivity contribution in [1.29, 1.82) is 0 Å². The summed E-state index contributed by atoms with van der Waals surface area (Å²) in [7, 11) is 1.41. The number of methoxy groups -OCH3 is 1. The molecule has 1 aromatic carbocycles. The molecule has 0 heterocycles. The van der Waals surface area contributed by atoms with Gasteiger partial charge in [-0.25, -0.2) is 0 Å². The summed E-state index contributed by atoms with van der Waals surface area (Å²) >= 11 is 0. The van der Waals surface area contributed by atoms with Crippen LogP contribution >= 0.6 is 0 Å². The van der Waals surface area contributed by atoms with Gasteiger partial charge in [0.25, 0.3) is 0 Å². The standard InChI is InChI=1S/C11H11F3O2/c1-10(7-15,11(12,13)14)8-3-5-9(16-2)6-4-8/h3-7H,1-2H3. The van der Waals surface area contributed by atoms with E-state index in [-0.39, 0.29) is 11.8 Å². The monoisotopic (exact) mass is 232 g/mol. The number of benzene rings is 1. The van der Waals surface area contributed by atoms with Crippen LogP contribution in [0.4, 0.5) is 13.2 Å². The molecule has 0 aliphatic heterocycles. The quantitative estimate of drug-likeness (QED) is 0.749. The molecule has 0 saturated heterocycles. The normalized spacial score (nSPS) is 15.3. The third-order valence-corrected chi connectivity index (χ3v) is 2.51. The molecule has 1 atom stereocenters. The number of hydrogen-bond donors (Lipinski definition) is 0. The Labute approximate surface area is 91.0 Å². The summed E-state index contributed by atoms with van der Waals surface area (Å²) in [5, 5.41) is 0. The number of hydrogen-bond acceptors (Lipinski definition) is 2. The number of ether oxygens (including phenoxy) is 1. The topological polar surface area (TPSA) is 26.3 Å². The predicted octanol–water partition coefficient (Wildman–Crippen LogP) is 2.71. The first-order valence-electron chi connectivity index (χ1n) is 4.53. The first kappa shape index (κ1) is 12.5. The molecule has 0 aliphatic carbocycles. The van der Waals surface area contributed by atoms with Gasteiger partial charge in [-0.05, 0) is 24.6 Å². The van der Waals surface area contributed by atoms with Gasteiger partial charge in [-0.15, -0.1) is 0 Å². The fourth-order valence-corrected chi connectivity index (χ4v) is 1.24. The van der Waals surface area contributed by atoms with Crippen molar-refractivity contribution in [1.82, 2.24) is 0 Å². The fourth-order valence-electron chi connectivity index (χ4n) is 1.24. The van der Waals surface area contributed by atoms with Crippen molar-refractivity contribution in [2.45, 2.75) is 18.5 Å². The average molecular weight is 232 g/mol. The summed E-state index contributed by atoms with van der Waals surface area (Å²) in [6.07, 6.45) is -4.70. The van der Waals surface area contributed by atoms with E-state index in [2.05, 4.69) is 0 Å². The molecule has 1 unspecified atom stereocenters. The SMILES string of the molecule is COc1ccc(C(C)(C=O)C(F)(F)F)cc1. The second-order valence-corrected chi connectivity index (χ2v) is 3.55. The van der Waals surface area contributed by atoms with Crippen LogP contribution in [0.5, 0.6) is 5.75 Å². The fraction of sp³-hybridized carbons (Fsp3) is 0.364. The number of rotatable bonds is 3. The van der Waals surface area contributed by atoms with Crippen molar-refractivity contribution in [3.05, 3.63) is 29.8 Å². The lowest BCUT2D eigenvalue weighted by atomic mass is 9.83. The number of carbonyl (C=O) groups excluding carboxylic acids is 1. The Bertz CT molecular complexity index is 370. The van der Waals surface area contributed by atoms with Crippen LogP contribution < -0.4 is 4.74 Å². The van der Waals surface area contributed by atoms with Crippen molar-refractivity contribution >= 4 is 6.29 Å². The zero-order valence-corrected chi connectivity index (χ0v) is 8.84. The Morgan fingerprint density at radius 1 is 1.19 bits per heavy atom. The molecule has 88 valence electrons. The van der Waals surface area contributed by atoms with Crippen molar-refractivity contribution in [3.63, 3.8) is 0 Å². The van der Waals surface area contributed by atoms with Crippen molar-refractivity contribution < 1.29 is 22.7 Å². The van der Waals surface area contributed by atoms with Gasteiger partial charge in [0.15, 0.2) is 0 Å². The lowest BCUT2D eigenvalue weighted by molar-refractivity contribution is -0.183. The molecule has 0 saturated carbocycles. The van der Waals surface area contributed by atoms with Gasteiger partial charge in [0.2, 0.25) is 0 Å². The number of carbonyl (C=O) groups is 1. The van der Waals surface area contributed by atoms with Crippen LogP contribution in [0.2, 0.25) is 0 Å². The van der Waals surface area contributed by atoms with Crippen LogP contribution in [0.1, 0.15) is 12.5 Å². The lowest BCUT2D eigenvalue weighted by Crippen LogP contribution is -2.40. The van der Waals surface area contributed by atoms with Crippen molar-refractivity contribution in [2.75, 3.05) is 7.11 Å². The Morgan fingerprint density at radius 2 is 1.69 bits per heavy atom. The molecule has 5 heteroatoms. The van der Waals surface area contributed by atoms with Gasteiger partial charge >= 0.3 is 6.18 Å². The highest BCUT2D eigenvalue weighted by atomic mass is 19.4. The first-order valence-corrected chi connectivity index (χ1v) is 4.53. The van der Waals surface area contributed by atoms with Gasteiger partial charge in [0.05, 0.1) is 7.11 Å². The molecule has 0 aromatic heterocycles. The number of halogens is 3. The zero-order valence-electron chi connectivity index (χ0n) is 8.84. The van der Waals surface area contributed by atoms with Gasteiger partial charge in [-0.3, -0.25) is 0 Å². The van der Waals surface area contributed by atoms with Crippen LogP contribution in [0.3, 0.4) is 0 Å². The Hall–Kier alpha value is -1.52. The smallest absolute Gasteiger partial charge is 0.404 e. The molecular formula is C11H11F3O2. The largest absolute Gasteiger partial charge is 0.497 e. The van der Waals surface area contributed by atoms with E-state index in [1.165, 1.54) is 31.4 Å². The summed E-state index contributed by atoms with van der Waals surface area (Å²) in [5.41, 5.74) is -2.57. The maximum Gasteiger partial charge on any atom is 0.404 e. The van der Waals surface area contributed by atoms with Crippen LogP contribution in [0.15, 0.2) is 24.3 Å². The van der Waals surface area contributed by atoms with Crippen LogP contribution in [0, 0.1) is 0 Å². The second-order valence-electron chi connectivity index (χ2n) is 3.55. The molecule has 0 N–H and O–H groups in total. The van der Waals surface area contributed by atoms with Gasteiger partial charge in [-0.2, -0.15) is 13.2 Å². The molecular weight excluding hydrogens is 221 g/mol. The molecule has 0 radical (unpaired) electrons. The molecule has 0 amide bonds. The molecule has 1 rings (SSSR count). The van der Waals surface area contributed by atoms with Crippen molar-refractivity contribution in [2.24, 2.45) is 0 Å². The highest BCUT2D eigenvalue weighted by molar-refractivity contribution is 5.69. The lowest BCUT2D eigenvalue weighted by Gasteiger charge is -2.26. The average Bonchev–Trinajstić information content (AvgIpc) is 2.26. The minimum atomic E-state index is -4.61. The van der Waals surface area contributed by atoms with Gasteiger partial charge < -0.3 is 9.53 Å². The minimum Gasteiger partial charge on any atom is -0.497 e. The van der Waals surface area contributed by atoms with Crippen LogP contribution in [-0.4, -0.2) is 19.6 Å². The van der Waals surface area contributed by atoms with Gasteiger partial charge in [0.1, 0.15) is 17.5 Å². The summed E-state index contributed by atoms with van der Waals surface area (Å²) < 4.78 is 43.0. The van der Waals surface area contributed by atoms with E-state index < -0.39 is 11.6 Å². The first-order chi connectivity index (χ1) is 7.35. The highest BCUT2D eigenvalue weighted by Crippen LogP contribution is 2.39. The zero-order chi connectivity index (χ0) is 12.4. The molecule has 0 spiro atoms. The molecule has 0 fully saturated rings. The molecule has 2 nitrogen and oxygen atoms in total. The Kier molecular flexibility index (Phi) is 3.26. The minimum absolute atomic E-state index is 0.0885. The van der Waals surface area contributed by atoms with E-state index in [9.17, 15) is 18.0 Å². The maximum atomic E-state index is 12.7. The predicted molar refractivity (Wildman–Crippen MR) is 52.5 cm³/mol. The number of aldehydes is 1. The van der Waals surface area contributed by atoms with E-state index in [0.29, 0.717) is 5.75 Å². The van der Waals surface area contributed by atoms with Gasteiger partial charge in [0, 0.05) is 0 Å². The van der Waals surface area contributed by atoms with E-state index in [4.69, 9.17) is 4.74 Å². The summed E-state index contributed by atoms with van der Waals surface area (Å²) in [6, 6.07) is 5.26. The third-order valence-electron chi connectivity index (χ3n) is 2.51. The molecule has 0 bridgehead atoms. The van der Waals surface area contributed by atoms with E-state index in [0.717, 1.165) is 6.92 Å². The van der Waals surface area contributed by atoms with Crippen LogP contribution in [-0.2, 0) is 10.2 Å². The Morgan fingerprint density at radius 3 is 2.00 bits per heavy atom. The van der Waals surface area contributed by atoms with Gasteiger partial charge in [-0.1, -0.05) is 12.1 Å². The summed E-state index contributed by atoms with van der Waals surface area (Å²) in [6.45, 7) is 0.849. The molecule has 1 aromatic rings. The molecule has 0 aliphatic rings. The van der Waals surface area contributed by atoms with Crippen LogP contribution in [0.25, 0.3) is 0 Å². The highest BCUT2D eigenvalue weighted by Gasteiger charge is 2.52. The van der Waals surface area contributed by atoms with E-state index in [1.807, 2.05) is 0 Å². The maximum absolute atomic E-state index is 12.7. The third kappa shape index (κ3) is 2.03.